The number of hydrogen-bond donors (Lipinski definition) is 3. The van der Waals surface area contributed by atoms with Crippen LogP contribution in [-0.4, -0.2) is 34.8 Å². The van der Waals surface area contributed by atoms with Crippen LogP contribution in [0.4, 0.5) is 0 Å². The second-order valence-electron chi connectivity index (χ2n) is 4.06. The molecule has 0 aliphatic rings. The van der Waals surface area contributed by atoms with E-state index in [1.54, 1.807) is 18.2 Å². The van der Waals surface area contributed by atoms with Gasteiger partial charge in [0.05, 0.1) is 17.0 Å². The minimum absolute atomic E-state index is 0.300. The second kappa shape index (κ2) is 5.05. The van der Waals surface area contributed by atoms with Crippen LogP contribution < -0.4 is 5.69 Å². The molecule has 3 N–H and O–H groups in total. The lowest BCUT2D eigenvalue weighted by molar-refractivity contribution is -0.139. The van der Waals surface area contributed by atoms with Crippen LogP contribution in [0.15, 0.2) is 23.0 Å². The van der Waals surface area contributed by atoms with Gasteiger partial charge in [-0.3, -0.25) is 4.79 Å². The molecule has 1 unspecified atom stereocenters. The van der Waals surface area contributed by atoms with E-state index in [1.165, 1.54) is 7.11 Å². The van der Waals surface area contributed by atoms with Crippen molar-refractivity contribution in [3.05, 3.63) is 34.2 Å². The van der Waals surface area contributed by atoms with E-state index in [4.69, 9.17) is 4.74 Å². The molecular formula is C12H14N2O4. The number of methoxy groups -OCH3 is 1. The standard InChI is InChI=1S/C12H14N2O4/c1-18-5-4-8(11(15)16)7-2-3-9-10(6-7)14-12(17)13-9/h2-3,6,8H,4-5H2,1H3,(H,15,16)(H2,13,14,17). The zero-order valence-electron chi connectivity index (χ0n) is 9.90. The molecular weight excluding hydrogens is 236 g/mol. The van der Waals surface area contributed by atoms with E-state index < -0.39 is 11.9 Å². The van der Waals surface area contributed by atoms with Crippen LogP contribution in [0, 0.1) is 0 Å². The number of imidazole rings is 1. The van der Waals surface area contributed by atoms with E-state index in [9.17, 15) is 14.7 Å². The van der Waals surface area contributed by atoms with Gasteiger partial charge >= 0.3 is 11.7 Å². The van der Waals surface area contributed by atoms with Crippen molar-refractivity contribution in [1.82, 2.24) is 9.97 Å². The van der Waals surface area contributed by atoms with Crippen LogP contribution in [0.25, 0.3) is 11.0 Å². The van der Waals surface area contributed by atoms with Gasteiger partial charge in [0, 0.05) is 13.7 Å². The number of aromatic nitrogens is 2. The van der Waals surface area contributed by atoms with Crippen LogP contribution in [0.1, 0.15) is 17.9 Å². The van der Waals surface area contributed by atoms with Gasteiger partial charge < -0.3 is 19.8 Å². The van der Waals surface area contributed by atoms with Crippen molar-refractivity contribution in [2.45, 2.75) is 12.3 Å². The molecule has 2 rings (SSSR count). The van der Waals surface area contributed by atoms with Crippen molar-refractivity contribution in [3.63, 3.8) is 0 Å². The van der Waals surface area contributed by atoms with Crippen LogP contribution in [0.2, 0.25) is 0 Å². The molecule has 0 saturated carbocycles. The molecule has 0 bridgehead atoms. The molecule has 0 aliphatic carbocycles. The lowest BCUT2D eigenvalue weighted by atomic mass is 9.96. The molecule has 2 aromatic rings. The van der Waals surface area contributed by atoms with Gasteiger partial charge in [0.25, 0.3) is 0 Å². The fraction of sp³-hybridized carbons (Fsp3) is 0.333. The third-order valence-electron chi connectivity index (χ3n) is 2.85. The fourth-order valence-corrected chi connectivity index (χ4v) is 1.94. The summed E-state index contributed by atoms with van der Waals surface area (Å²) in [7, 11) is 1.53. The first-order chi connectivity index (χ1) is 8.61. The Balaban J connectivity index is 2.37. The maximum atomic E-state index is 11.2. The number of aromatic amines is 2. The Morgan fingerprint density at radius 3 is 2.78 bits per heavy atom. The highest BCUT2D eigenvalue weighted by Gasteiger charge is 2.20. The third-order valence-corrected chi connectivity index (χ3v) is 2.85. The number of rotatable bonds is 5. The Labute approximate surface area is 103 Å². The largest absolute Gasteiger partial charge is 0.481 e. The Morgan fingerprint density at radius 1 is 1.39 bits per heavy atom. The van der Waals surface area contributed by atoms with Crippen molar-refractivity contribution in [3.8, 4) is 0 Å². The smallest absolute Gasteiger partial charge is 0.323 e. The number of carboxylic acids is 1. The van der Waals surface area contributed by atoms with Gasteiger partial charge in [-0.2, -0.15) is 0 Å². The lowest BCUT2D eigenvalue weighted by Crippen LogP contribution is -2.13. The molecule has 1 aromatic heterocycles. The second-order valence-corrected chi connectivity index (χ2v) is 4.06. The number of hydrogen-bond acceptors (Lipinski definition) is 3. The predicted octanol–water partition coefficient (Wildman–Crippen LogP) is 1.06. The normalized spacial score (nSPS) is 12.7. The van der Waals surface area contributed by atoms with Crippen LogP contribution in [-0.2, 0) is 9.53 Å². The van der Waals surface area contributed by atoms with E-state index in [-0.39, 0.29) is 5.69 Å². The van der Waals surface area contributed by atoms with Crippen molar-refractivity contribution >= 4 is 17.0 Å². The van der Waals surface area contributed by atoms with E-state index in [0.29, 0.717) is 29.6 Å². The quantitative estimate of drug-likeness (QED) is 0.739. The minimum Gasteiger partial charge on any atom is -0.481 e. The molecule has 0 spiro atoms. The molecule has 1 atom stereocenters. The number of carbonyl (C=O) groups is 1. The highest BCUT2D eigenvalue weighted by Crippen LogP contribution is 2.22. The topological polar surface area (TPSA) is 95.2 Å². The summed E-state index contributed by atoms with van der Waals surface area (Å²) in [4.78, 5) is 27.6. The maximum Gasteiger partial charge on any atom is 0.323 e. The average Bonchev–Trinajstić information content (AvgIpc) is 2.68. The number of benzene rings is 1. The van der Waals surface area contributed by atoms with E-state index >= 15 is 0 Å². The Bertz CT molecular complexity index is 614. The minimum atomic E-state index is -0.899. The SMILES string of the molecule is COCCC(C(=O)O)c1ccc2[nH]c(=O)[nH]c2c1. The predicted molar refractivity (Wildman–Crippen MR) is 65.8 cm³/mol. The van der Waals surface area contributed by atoms with Gasteiger partial charge in [-0.1, -0.05) is 6.07 Å². The lowest BCUT2D eigenvalue weighted by Gasteiger charge is -2.12. The van der Waals surface area contributed by atoms with Gasteiger partial charge in [0.1, 0.15) is 0 Å². The first kappa shape index (κ1) is 12.4. The maximum absolute atomic E-state index is 11.2. The molecule has 0 fully saturated rings. The van der Waals surface area contributed by atoms with Crippen LogP contribution in [0.5, 0.6) is 0 Å². The molecule has 1 aromatic carbocycles. The Morgan fingerprint density at radius 2 is 2.11 bits per heavy atom. The van der Waals surface area contributed by atoms with Gasteiger partial charge in [0.15, 0.2) is 0 Å². The summed E-state index contributed by atoms with van der Waals surface area (Å²) in [5.74, 6) is -1.53. The van der Waals surface area contributed by atoms with Crippen molar-refractivity contribution in [1.29, 1.82) is 0 Å². The van der Waals surface area contributed by atoms with E-state index in [0.717, 1.165) is 0 Å². The molecule has 6 heteroatoms. The number of ether oxygens (including phenoxy) is 1. The fourth-order valence-electron chi connectivity index (χ4n) is 1.94. The molecule has 0 saturated heterocycles. The van der Waals surface area contributed by atoms with Crippen LogP contribution in [0.3, 0.4) is 0 Å². The van der Waals surface area contributed by atoms with Gasteiger partial charge in [-0.05, 0) is 24.1 Å². The number of H-pyrrole nitrogens is 2. The average molecular weight is 250 g/mol. The Kier molecular flexibility index (Phi) is 3.47. The molecule has 0 aliphatic heterocycles. The number of nitrogens with one attached hydrogen (secondary N) is 2. The zero-order valence-corrected chi connectivity index (χ0v) is 9.90. The highest BCUT2D eigenvalue weighted by molar-refractivity contribution is 5.80. The summed E-state index contributed by atoms with van der Waals surface area (Å²) in [6.45, 7) is 0.374. The summed E-state index contributed by atoms with van der Waals surface area (Å²) in [6.07, 6.45) is 0.395. The van der Waals surface area contributed by atoms with E-state index in [1.807, 2.05) is 0 Å². The summed E-state index contributed by atoms with van der Waals surface area (Å²) < 4.78 is 4.91. The van der Waals surface area contributed by atoms with E-state index in [2.05, 4.69) is 9.97 Å². The number of aliphatic carboxylic acids is 1. The van der Waals surface area contributed by atoms with Crippen LogP contribution >= 0.6 is 0 Å². The summed E-state index contributed by atoms with van der Waals surface area (Å²) in [5, 5.41) is 9.20. The first-order valence-electron chi connectivity index (χ1n) is 5.55. The van der Waals surface area contributed by atoms with Gasteiger partial charge in [0.2, 0.25) is 0 Å². The first-order valence-corrected chi connectivity index (χ1v) is 5.55. The van der Waals surface area contributed by atoms with Gasteiger partial charge in [-0.15, -0.1) is 0 Å². The summed E-state index contributed by atoms with van der Waals surface area (Å²) in [5.41, 5.74) is 1.63. The summed E-state index contributed by atoms with van der Waals surface area (Å²) >= 11 is 0. The molecule has 1 heterocycles. The molecule has 96 valence electrons. The van der Waals surface area contributed by atoms with Crippen molar-refractivity contribution in [2.75, 3.05) is 13.7 Å². The summed E-state index contributed by atoms with van der Waals surface area (Å²) in [6, 6.07) is 5.09. The zero-order chi connectivity index (χ0) is 13.1. The molecule has 0 amide bonds. The molecule has 18 heavy (non-hydrogen) atoms. The van der Waals surface area contributed by atoms with Crippen molar-refractivity contribution < 1.29 is 14.6 Å². The number of carboxylic acid groups (broad SMARTS) is 1. The highest BCUT2D eigenvalue weighted by atomic mass is 16.5. The third kappa shape index (κ3) is 2.43. The monoisotopic (exact) mass is 250 g/mol. The molecule has 0 radical (unpaired) electrons. The van der Waals surface area contributed by atoms with Gasteiger partial charge in [-0.25, -0.2) is 4.79 Å². The van der Waals surface area contributed by atoms with Crippen molar-refractivity contribution in [2.24, 2.45) is 0 Å². The number of fused-ring (bicyclic) bond motifs is 1. The Hall–Kier alpha value is -2.08. The molecule has 6 nitrogen and oxygen atoms in total.